The molecule has 0 spiro atoms. The molecule has 0 saturated carbocycles. The van der Waals surface area contributed by atoms with Gasteiger partial charge in [0.1, 0.15) is 0 Å². The molecule has 1 saturated heterocycles. The van der Waals surface area contributed by atoms with Gasteiger partial charge in [-0.05, 0) is 6.42 Å². The first-order chi connectivity index (χ1) is 11.9. The van der Waals surface area contributed by atoms with Crippen LogP contribution in [-0.4, -0.2) is 23.5 Å². The Balaban J connectivity index is 2.07. The standard InChI is InChI=1S/C20H34O5/c1-4-5-6-7-8-9-10-11-12-13-14-15-16(21)17-18(22)24-20(2,3)25-19(17)23/h17H,4-15H2,1-3H3. The smallest absolute Gasteiger partial charge is 0.331 e. The summed E-state index contributed by atoms with van der Waals surface area (Å²) in [6.07, 6.45) is 13.3. The maximum absolute atomic E-state index is 12.1. The second-order valence-corrected chi connectivity index (χ2v) is 7.43. The largest absolute Gasteiger partial charge is 0.422 e. The Labute approximate surface area is 151 Å². The Bertz CT molecular complexity index is 421. The van der Waals surface area contributed by atoms with Gasteiger partial charge in [0, 0.05) is 20.3 Å². The summed E-state index contributed by atoms with van der Waals surface area (Å²) in [5.74, 6) is -4.62. The van der Waals surface area contributed by atoms with E-state index < -0.39 is 23.6 Å². The monoisotopic (exact) mass is 354 g/mol. The summed E-state index contributed by atoms with van der Waals surface area (Å²) < 4.78 is 9.96. The lowest BCUT2D eigenvalue weighted by Crippen LogP contribution is -2.49. The zero-order valence-electron chi connectivity index (χ0n) is 16.1. The van der Waals surface area contributed by atoms with E-state index in [2.05, 4.69) is 6.92 Å². The Morgan fingerprint density at radius 3 is 1.64 bits per heavy atom. The number of rotatable bonds is 13. The molecule has 0 aliphatic carbocycles. The van der Waals surface area contributed by atoms with Crippen molar-refractivity contribution in [3.8, 4) is 0 Å². The molecule has 1 heterocycles. The summed E-state index contributed by atoms with van der Waals surface area (Å²) in [6, 6.07) is 0. The average molecular weight is 354 g/mol. The van der Waals surface area contributed by atoms with Gasteiger partial charge in [-0.3, -0.25) is 14.4 Å². The number of ketones is 1. The number of ether oxygens (including phenoxy) is 2. The van der Waals surface area contributed by atoms with Gasteiger partial charge >= 0.3 is 11.9 Å². The number of carbonyl (C=O) groups is 3. The lowest BCUT2D eigenvalue weighted by atomic mass is 9.97. The second kappa shape index (κ2) is 11.3. The van der Waals surface area contributed by atoms with E-state index in [1.807, 2.05) is 0 Å². The first kappa shape index (κ1) is 21.7. The fourth-order valence-corrected chi connectivity index (χ4v) is 3.09. The van der Waals surface area contributed by atoms with Crippen LogP contribution in [0.1, 0.15) is 97.8 Å². The molecule has 1 rings (SSSR count). The van der Waals surface area contributed by atoms with Crippen molar-refractivity contribution in [2.24, 2.45) is 5.92 Å². The normalized spacial score (nSPS) is 17.2. The van der Waals surface area contributed by atoms with Crippen LogP contribution in [0, 0.1) is 5.92 Å². The van der Waals surface area contributed by atoms with Gasteiger partial charge in [0.25, 0.3) is 5.79 Å². The lowest BCUT2D eigenvalue weighted by molar-refractivity contribution is -0.238. The highest BCUT2D eigenvalue weighted by Crippen LogP contribution is 2.25. The van der Waals surface area contributed by atoms with E-state index in [-0.39, 0.29) is 12.2 Å². The SMILES string of the molecule is CCCCCCCCCCCCCC(=O)C1C(=O)OC(C)(C)OC1=O. The van der Waals surface area contributed by atoms with E-state index in [4.69, 9.17) is 9.47 Å². The number of unbranched alkanes of at least 4 members (excludes halogenated alkanes) is 10. The number of carbonyl (C=O) groups excluding carboxylic acids is 3. The number of hydrogen-bond acceptors (Lipinski definition) is 5. The van der Waals surface area contributed by atoms with Gasteiger partial charge in [-0.1, -0.05) is 71.1 Å². The highest BCUT2D eigenvalue weighted by atomic mass is 16.7. The summed E-state index contributed by atoms with van der Waals surface area (Å²) in [7, 11) is 0. The first-order valence-electron chi connectivity index (χ1n) is 9.86. The van der Waals surface area contributed by atoms with Gasteiger partial charge in [0.2, 0.25) is 5.92 Å². The average Bonchev–Trinajstić information content (AvgIpc) is 2.50. The summed E-state index contributed by atoms with van der Waals surface area (Å²) in [5, 5.41) is 0. The summed E-state index contributed by atoms with van der Waals surface area (Å²) >= 11 is 0. The third-order valence-electron chi connectivity index (χ3n) is 4.51. The molecule has 0 aromatic carbocycles. The number of Topliss-reactive ketones (excluding diaryl/α,β-unsaturated/α-hetero) is 1. The summed E-state index contributed by atoms with van der Waals surface area (Å²) in [5.41, 5.74) is 0. The van der Waals surface area contributed by atoms with Crippen molar-refractivity contribution in [3.05, 3.63) is 0 Å². The topological polar surface area (TPSA) is 69.7 Å². The van der Waals surface area contributed by atoms with Crippen LogP contribution in [0.3, 0.4) is 0 Å². The molecule has 5 heteroatoms. The lowest BCUT2D eigenvalue weighted by Gasteiger charge is -2.32. The number of esters is 2. The molecule has 0 aromatic heterocycles. The second-order valence-electron chi connectivity index (χ2n) is 7.43. The molecular formula is C20H34O5. The Morgan fingerprint density at radius 1 is 0.800 bits per heavy atom. The molecule has 144 valence electrons. The van der Waals surface area contributed by atoms with Crippen LogP contribution in [0.15, 0.2) is 0 Å². The molecule has 0 aromatic rings. The van der Waals surface area contributed by atoms with Crippen molar-refractivity contribution < 1.29 is 23.9 Å². The highest BCUT2D eigenvalue weighted by molar-refractivity contribution is 6.15. The number of cyclic esters (lactones) is 2. The molecular weight excluding hydrogens is 320 g/mol. The molecule has 0 radical (unpaired) electrons. The van der Waals surface area contributed by atoms with Crippen LogP contribution in [-0.2, 0) is 23.9 Å². The number of hydrogen-bond donors (Lipinski definition) is 0. The molecule has 0 bridgehead atoms. The van der Waals surface area contributed by atoms with E-state index >= 15 is 0 Å². The van der Waals surface area contributed by atoms with Crippen LogP contribution < -0.4 is 0 Å². The van der Waals surface area contributed by atoms with E-state index in [1.54, 1.807) is 0 Å². The highest BCUT2D eigenvalue weighted by Gasteiger charge is 2.46. The van der Waals surface area contributed by atoms with Crippen molar-refractivity contribution in [2.45, 2.75) is 104 Å². The zero-order valence-corrected chi connectivity index (χ0v) is 16.1. The van der Waals surface area contributed by atoms with E-state index in [0.29, 0.717) is 6.42 Å². The maximum atomic E-state index is 12.1. The van der Waals surface area contributed by atoms with Crippen LogP contribution in [0.4, 0.5) is 0 Å². The van der Waals surface area contributed by atoms with Crippen molar-refractivity contribution >= 4 is 17.7 Å². The predicted molar refractivity (Wildman–Crippen MR) is 95.8 cm³/mol. The Morgan fingerprint density at radius 2 is 1.20 bits per heavy atom. The summed E-state index contributed by atoms with van der Waals surface area (Å²) in [6.45, 7) is 5.19. The molecule has 0 unspecified atom stereocenters. The Kier molecular flexibility index (Phi) is 9.76. The van der Waals surface area contributed by atoms with Crippen molar-refractivity contribution in [3.63, 3.8) is 0 Å². The van der Waals surface area contributed by atoms with E-state index in [1.165, 1.54) is 65.2 Å². The molecule has 25 heavy (non-hydrogen) atoms. The maximum Gasteiger partial charge on any atom is 0.331 e. The Hall–Kier alpha value is -1.39. The van der Waals surface area contributed by atoms with E-state index in [0.717, 1.165) is 12.8 Å². The van der Waals surface area contributed by atoms with Gasteiger partial charge in [-0.2, -0.15) is 0 Å². The van der Waals surface area contributed by atoms with Crippen LogP contribution in [0.25, 0.3) is 0 Å². The molecule has 1 fully saturated rings. The predicted octanol–water partition coefficient (Wildman–Crippen LogP) is 4.71. The minimum atomic E-state index is -1.39. The zero-order chi connectivity index (χ0) is 18.7. The van der Waals surface area contributed by atoms with Gasteiger partial charge in [0.05, 0.1) is 0 Å². The van der Waals surface area contributed by atoms with E-state index in [9.17, 15) is 14.4 Å². The van der Waals surface area contributed by atoms with Crippen molar-refractivity contribution in [1.82, 2.24) is 0 Å². The molecule has 0 amide bonds. The quantitative estimate of drug-likeness (QED) is 0.272. The third-order valence-corrected chi connectivity index (χ3v) is 4.51. The fraction of sp³-hybridized carbons (Fsp3) is 0.850. The molecule has 5 nitrogen and oxygen atoms in total. The minimum Gasteiger partial charge on any atom is -0.422 e. The molecule has 0 N–H and O–H groups in total. The fourth-order valence-electron chi connectivity index (χ4n) is 3.09. The van der Waals surface area contributed by atoms with Crippen molar-refractivity contribution in [2.75, 3.05) is 0 Å². The van der Waals surface area contributed by atoms with Gasteiger partial charge in [0.15, 0.2) is 5.78 Å². The van der Waals surface area contributed by atoms with Gasteiger partial charge in [-0.25, -0.2) is 0 Å². The first-order valence-corrected chi connectivity index (χ1v) is 9.86. The molecule has 1 aliphatic heterocycles. The van der Waals surface area contributed by atoms with Crippen LogP contribution in [0.5, 0.6) is 0 Å². The summed E-state index contributed by atoms with van der Waals surface area (Å²) in [4.78, 5) is 35.7. The molecule has 0 atom stereocenters. The van der Waals surface area contributed by atoms with Crippen molar-refractivity contribution in [1.29, 1.82) is 0 Å². The third kappa shape index (κ3) is 8.50. The van der Waals surface area contributed by atoms with Crippen LogP contribution >= 0.6 is 0 Å². The van der Waals surface area contributed by atoms with Gasteiger partial charge < -0.3 is 9.47 Å². The minimum absolute atomic E-state index is 0.228. The van der Waals surface area contributed by atoms with Gasteiger partial charge in [-0.15, -0.1) is 0 Å². The van der Waals surface area contributed by atoms with Crippen LogP contribution in [0.2, 0.25) is 0 Å². The molecule has 1 aliphatic rings.